The van der Waals surface area contributed by atoms with Crippen LogP contribution in [0.5, 0.6) is 5.75 Å². The van der Waals surface area contributed by atoms with Gasteiger partial charge in [-0.1, -0.05) is 61.9 Å². The Balaban J connectivity index is 1.55. The Morgan fingerprint density at radius 2 is 1.72 bits per heavy atom. The first-order valence-corrected chi connectivity index (χ1v) is 9.47. The molecule has 1 aliphatic heterocycles. The number of nitrogens with zero attached hydrogens (tertiary/aromatic N) is 1. The van der Waals surface area contributed by atoms with Crippen molar-refractivity contribution in [3.05, 3.63) is 65.2 Å². The highest BCUT2D eigenvalue weighted by Crippen LogP contribution is 2.67. The quantitative estimate of drug-likeness (QED) is 0.835. The van der Waals surface area contributed by atoms with Crippen LogP contribution in [0.3, 0.4) is 0 Å². The van der Waals surface area contributed by atoms with E-state index in [0.29, 0.717) is 16.6 Å². The van der Waals surface area contributed by atoms with Crippen molar-refractivity contribution in [1.82, 2.24) is 4.90 Å². The summed E-state index contributed by atoms with van der Waals surface area (Å²) in [5, 5.41) is 10.5. The zero-order valence-corrected chi connectivity index (χ0v) is 15.6. The van der Waals surface area contributed by atoms with Crippen LogP contribution in [-0.4, -0.2) is 29.6 Å². The molecule has 2 heteroatoms. The lowest BCUT2D eigenvalue weighted by Crippen LogP contribution is -2.27. The van der Waals surface area contributed by atoms with Gasteiger partial charge in [0.1, 0.15) is 5.75 Å². The standard InChI is InChI=1S/C23H29NO/c1-17-9-10-21(25)20(13-17)19(18-7-5-4-6-8-18)11-12-24-15-22(2)14-23(22,3)16-24/h4-10,13,19,25H,11-12,14-16H2,1-3H3/t19?,22-,23+. The van der Waals surface area contributed by atoms with Gasteiger partial charge >= 0.3 is 0 Å². The van der Waals surface area contributed by atoms with Crippen LogP contribution < -0.4 is 0 Å². The minimum Gasteiger partial charge on any atom is -0.508 e. The van der Waals surface area contributed by atoms with Crippen LogP contribution in [0.1, 0.15) is 49.3 Å². The first-order valence-electron chi connectivity index (χ1n) is 9.47. The lowest BCUT2D eigenvalue weighted by atomic mass is 9.87. The molecule has 132 valence electrons. The molecule has 2 nitrogen and oxygen atoms in total. The fourth-order valence-corrected chi connectivity index (χ4v) is 4.96. The molecule has 1 saturated heterocycles. The molecule has 4 rings (SSSR count). The molecule has 2 aromatic carbocycles. The number of benzene rings is 2. The van der Waals surface area contributed by atoms with E-state index < -0.39 is 0 Å². The van der Waals surface area contributed by atoms with E-state index in [4.69, 9.17) is 0 Å². The molecule has 0 aromatic heterocycles. The molecule has 1 aliphatic carbocycles. The highest BCUT2D eigenvalue weighted by molar-refractivity contribution is 5.43. The van der Waals surface area contributed by atoms with E-state index in [1.807, 2.05) is 12.1 Å². The van der Waals surface area contributed by atoms with E-state index >= 15 is 0 Å². The molecule has 1 heterocycles. The van der Waals surface area contributed by atoms with Gasteiger partial charge in [0.15, 0.2) is 0 Å². The predicted molar refractivity (Wildman–Crippen MR) is 103 cm³/mol. The molecular formula is C23H29NO. The molecule has 0 radical (unpaired) electrons. The topological polar surface area (TPSA) is 23.5 Å². The molecule has 25 heavy (non-hydrogen) atoms. The van der Waals surface area contributed by atoms with Crippen molar-refractivity contribution in [2.24, 2.45) is 10.8 Å². The van der Waals surface area contributed by atoms with Gasteiger partial charge < -0.3 is 10.0 Å². The van der Waals surface area contributed by atoms with Crippen LogP contribution in [0.2, 0.25) is 0 Å². The first kappa shape index (κ1) is 16.7. The number of rotatable bonds is 5. The Morgan fingerprint density at radius 3 is 2.40 bits per heavy atom. The second kappa shape index (κ2) is 5.88. The van der Waals surface area contributed by atoms with E-state index in [1.54, 1.807) is 0 Å². The summed E-state index contributed by atoms with van der Waals surface area (Å²) in [6.45, 7) is 10.5. The van der Waals surface area contributed by atoms with Crippen LogP contribution in [0, 0.1) is 17.8 Å². The smallest absolute Gasteiger partial charge is 0.119 e. The number of fused-ring (bicyclic) bond motifs is 1. The zero-order chi connectivity index (χ0) is 17.7. The van der Waals surface area contributed by atoms with Gasteiger partial charge in [0.2, 0.25) is 0 Å². The fraction of sp³-hybridized carbons (Fsp3) is 0.478. The lowest BCUT2D eigenvalue weighted by Gasteiger charge is -2.25. The van der Waals surface area contributed by atoms with Crippen molar-refractivity contribution in [2.75, 3.05) is 19.6 Å². The number of piperidine rings is 1. The molecule has 1 N–H and O–H groups in total. The maximum atomic E-state index is 10.5. The van der Waals surface area contributed by atoms with Gasteiger partial charge in [0, 0.05) is 24.6 Å². The third-order valence-corrected chi connectivity index (χ3v) is 6.75. The largest absolute Gasteiger partial charge is 0.508 e. The van der Waals surface area contributed by atoms with Crippen molar-refractivity contribution in [1.29, 1.82) is 0 Å². The van der Waals surface area contributed by atoms with E-state index in [2.05, 4.69) is 62.1 Å². The fourth-order valence-electron chi connectivity index (χ4n) is 4.96. The number of aromatic hydroxyl groups is 1. The molecular weight excluding hydrogens is 306 g/mol. The number of phenolic OH excluding ortho intramolecular Hbond substituents is 1. The summed E-state index contributed by atoms with van der Waals surface area (Å²) in [4.78, 5) is 2.63. The molecule has 0 spiro atoms. The van der Waals surface area contributed by atoms with Crippen LogP contribution in [0.4, 0.5) is 0 Å². The molecule has 1 unspecified atom stereocenters. The van der Waals surface area contributed by atoms with E-state index in [0.717, 1.165) is 18.5 Å². The number of phenols is 1. The van der Waals surface area contributed by atoms with E-state index in [9.17, 15) is 5.11 Å². The second-order valence-electron chi connectivity index (χ2n) is 8.82. The SMILES string of the molecule is Cc1ccc(O)c(C(CCN2C[C@@]3(C)C[C@@]3(C)C2)c2ccccc2)c1. The Morgan fingerprint density at radius 1 is 1.04 bits per heavy atom. The summed E-state index contributed by atoms with van der Waals surface area (Å²) in [6, 6.07) is 16.6. The maximum Gasteiger partial charge on any atom is 0.119 e. The normalized spacial score (nSPS) is 29.4. The Kier molecular flexibility index (Phi) is 3.92. The Bertz CT molecular complexity index is 755. The highest BCUT2D eigenvalue weighted by atomic mass is 16.3. The molecule has 3 atom stereocenters. The van der Waals surface area contributed by atoms with Crippen molar-refractivity contribution >= 4 is 0 Å². The van der Waals surface area contributed by atoms with E-state index in [-0.39, 0.29) is 5.92 Å². The molecule has 0 amide bonds. The van der Waals surface area contributed by atoms with Gasteiger partial charge in [-0.25, -0.2) is 0 Å². The van der Waals surface area contributed by atoms with Crippen molar-refractivity contribution in [3.8, 4) is 5.75 Å². The summed E-state index contributed by atoms with van der Waals surface area (Å²) < 4.78 is 0. The average Bonchev–Trinajstić information content (AvgIpc) is 3.00. The molecule has 2 aromatic rings. The summed E-state index contributed by atoms with van der Waals surface area (Å²) in [6.07, 6.45) is 2.43. The summed E-state index contributed by atoms with van der Waals surface area (Å²) in [7, 11) is 0. The van der Waals surface area contributed by atoms with Crippen molar-refractivity contribution in [3.63, 3.8) is 0 Å². The second-order valence-corrected chi connectivity index (χ2v) is 8.82. The summed E-state index contributed by atoms with van der Waals surface area (Å²) in [5.41, 5.74) is 4.65. The summed E-state index contributed by atoms with van der Waals surface area (Å²) in [5.74, 6) is 0.668. The highest BCUT2D eigenvalue weighted by Gasteiger charge is 2.65. The molecule has 0 bridgehead atoms. The lowest BCUT2D eigenvalue weighted by molar-refractivity contribution is 0.269. The van der Waals surface area contributed by atoms with Gasteiger partial charge in [-0.15, -0.1) is 0 Å². The number of hydrogen-bond donors (Lipinski definition) is 1. The zero-order valence-electron chi connectivity index (χ0n) is 15.6. The molecule has 1 saturated carbocycles. The number of aryl methyl sites for hydroxylation is 1. The summed E-state index contributed by atoms with van der Waals surface area (Å²) >= 11 is 0. The third kappa shape index (κ3) is 2.97. The van der Waals surface area contributed by atoms with Crippen molar-refractivity contribution < 1.29 is 5.11 Å². The van der Waals surface area contributed by atoms with Crippen LogP contribution in [-0.2, 0) is 0 Å². The first-order chi connectivity index (χ1) is 11.9. The van der Waals surface area contributed by atoms with Crippen LogP contribution in [0.15, 0.2) is 48.5 Å². The third-order valence-electron chi connectivity index (χ3n) is 6.75. The van der Waals surface area contributed by atoms with Gasteiger partial charge in [0.25, 0.3) is 0 Å². The maximum absolute atomic E-state index is 10.5. The van der Waals surface area contributed by atoms with Gasteiger partial charge in [-0.3, -0.25) is 0 Å². The minimum atomic E-state index is 0.249. The molecule has 2 fully saturated rings. The van der Waals surface area contributed by atoms with Crippen LogP contribution in [0.25, 0.3) is 0 Å². The van der Waals surface area contributed by atoms with Crippen molar-refractivity contribution in [2.45, 2.75) is 39.5 Å². The Labute approximate surface area is 151 Å². The van der Waals surface area contributed by atoms with Gasteiger partial charge in [-0.05, 0) is 48.8 Å². The van der Waals surface area contributed by atoms with Gasteiger partial charge in [-0.2, -0.15) is 0 Å². The molecule has 2 aliphatic rings. The monoisotopic (exact) mass is 335 g/mol. The van der Waals surface area contributed by atoms with Crippen LogP contribution >= 0.6 is 0 Å². The van der Waals surface area contributed by atoms with E-state index in [1.165, 1.54) is 30.6 Å². The Hall–Kier alpha value is -1.80. The number of likely N-dealkylation sites (tertiary alicyclic amines) is 1. The van der Waals surface area contributed by atoms with Gasteiger partial charge in [0.05, 0.1) is 0 Å². The predicted octanol–water partition coefficient (Wildman–Crippen LogP) is 4.95. The number of hydrogen-bond acceptors (Lipinski definition) is 2. The average molecular weight is 335 g/mol. The minimum absolute atomic E-state index is 0.249.